The predicted octanol–water partition coefficient (Wildman–Crippen LogP) is 13.3. The van der Waals surface area contributed by atoms with Crippen LogP contribution in [0.25, 0.3) is 38.6 Å². The van der Waals surface area contributed by atoms with Crippen LogP contribution in [0, 0.1) is 5.92 Å². The number of furan rings is 1. The van der Waals surface area contributed by atoms with Crippen molar-refractivity contribution in [1.29, 1.82) is 0 Å². The van der Waals surface area contributed by atoms with Crippen molar-refractivity contribution in [3.05, 3.63) is 175 Å². The molecule has 0 amide bonds. The molecule has 246 valence electrons. The third-order valence-electron chi connectivity index (χ3n) is 11.0. The molecule has 0 fully saturated rings. The molecule has 4 aromatic carbocycles. The lowest BCUT2D eigenvalue weighted by molar-refractivity contribution is 0.654. The molecule has 9 rings (SSSR count). The molecule has 0 radical (unpaired) electrons. The maximum Gasteiger partial charge on any atom is 0.135 e. The number of hydrogen-bond donors (Lipinski definition) is 0. The predicted molar refractivity (Wildman–Crippen MR) is 212 cm³/mol. The van der Waals surface area contributed by atoms with Crippen molar-refractivity contribution in [3.8, 4) is 11.1 Å². The van der Waals surface area contributed by atoms with Crippen LogP contribution in [0.15, 0.2) is 168 Å². The Morgan fingerprint density at radius 3 is 2.00 bits per heavy atom. The molecule has 1 aromatic heterocycles. The zero-order valence-electron chi connectivity index (χ0n) is 28.5. The lowest BCUT2D eigenvalue weighted by atomic mass is 9.87. The van der Waals surface area contributed by atoms with Crippen LogP contribution >= 0.6 is 0 Å². The quantitative estimate of drug-likeness (QED) is 0.163. The fraction of sp³-hybridized carbons (Fsp3) is 0.208. The molecule has 50 heavy (non-hydrogen) atoms. The van der Waals surface area contributed by atoms with Crippen molar-refractivity contribution in [2.75, 3.05) is 4.90 Å². The molecule has 1 heterocycles. The van der Waals surface area contributed by atoms with E-state index in [4.69, 9.17) is 4.42 Å². The monoisotopic (exact) mass is 649 g/mol. The molecule has 3 unspecified atom stereocenters. The van der Waals surface area contributed by atoms with Crippen molar-refractivity contribution >= 4 is 38.9 Å². The highest BCUT2D eigenvalue weighted by molar-refractivity contribution is 6.07. The lowest BCUT2D eigenvalue weighted by Crippen LogP contribution is -2.30. The van der Waals surface area contributed by atoms with Crippen LogP contribution < -0.4 is 4.90 Å². The highest BCUT2D eigenvalue weighted by atomic mass is 16.3. The summed E-state index contributed by atoms with van der Waals surface area (Å²) in [5.74, 6) is 1.01. The minimum absolute atomic E-state index is 0.241. The number of anilines is 2. The fourth-order valence-electron chi connectivity index (χ4n) is 8.20. The van der Waals surface area contributed by atoms with E-state index in [-0.39, 0.29) is 6.04 Å². The Labute approximate surface area is 295 Å². The zero-order valence-corrected chi connectivity index (χ0v) is 28.5. The molecule has 0 spiro atoms. The van der Waals surface area contributed by atoms with E-state index >= 15 is 0 Å². The normalized spacial score (nSPS) is 21.5. The lowest BCUT2D eigenvalue weighted by Gasteiger charge is -2.34. The van der Waals surface area contributed by atoms with Gasteiger partial charge >= 0.3 is 0 Å². The van der Waals surface area contributed by atoms with E-state index in [0.29, 0.717) is 11.8 Å². The highest BCUT2D eigenvalue weighted by Gasteiger charge is 2.23. The molecule has 2 heteroatoms. The number of hydrogen-bond acceptors (Lipinski definition) is 2. The first-order valence-electron chi connectivity index (χ1n) is 18.5. The van der Waals surface area contributed by atoms with Gasteiger partial charge in [-0.15, -0.1) is 0 Å². The Morgan fingerprint density at radius 1 is 0.560 bits per heavy atom. The SMILES string of the molecule is C1=CCC(C2=CCC(N(c3ccc(-c4ccc5oc6ccc(C7=CCCC=C7)cc6c5c4)cc3)c3ccc(C4C=CCCC4)cc3)C=C2)C=C1. The van der Waals surface area contributed by atoms with Gasteiger partial charge in [0, 0.05) is 34.0 Å². The van der Waals surface area contributed by atoms with E-state index in [2.05, 4.69) is 163 Å². The number of rotatable bonds is 7. The molecular weight excluding hydrogens is 607 g/mol. The Bertz CT molecular complexity index is 2250. The Hall–Kier alpha value is -5.34. The van der Waals surface area contributed by atoms with Gasteiger partial charge < -0.3 is 9.32 Å². The second-order valence-electron chi connectivity index (χ2n) is 14.2. The van der Waals surface area contributed by atoms with Crippen LogP contribution in [0.3, 0.4) is 0 Å². The maximum atomic E-state index is 6.28. The van der Waals surface area contributed by atoms with Crippen molar-refractivity contribution in [3.63, 3.8) is 0 Å². The molecular formula is C48H43NO. The van der Waals surface area contributed by atoms with Gasteiger partial charge in [0.25, 0.3) is 0 Å². The van der Waals surface area contributed by atoms with Gasteiger partial charge in [-0.25, -0.2) is 0 Å². The summed E-state index contributed by atoms with van der Waals surface area (Å²) in [4.78, 5) is 2.52. The van der Waals surface area contributed by atoms with Crippen molar-refractivity contribution in [2.45, 2.75) is 56.9 Å². The second kappa shape index (κ2) is 13.5. The van der Waals surface area contributed by atoms with E-state index in [0.717, 1.165) is 42.2 Å². The van der Waals surface area contributed by atoms with Gasteiger partial charge in [0.15, 0.2) is 0 Å². The molecule has 5 aromatic rings. The van der Waals surface area contributed by atoms with E-state index < -0.39 is 0 Å². The summed E-state index contributed by atoms with van der Waals surface area (Å²) in [5, 5.41) is 2.34. The topological polar surface area (TPSA) is 16.4 Å². The van der Waals surface area contributed by atoms with Crippen LogP contribution in [0.2, 0.25) is 0 Å². The average Bonchev–Trinajstić information content (AvgIpc) is 3.57. The summed E-state index contributed by atoms with van der Waals surface area (Å²) < 4.78 is 6.28. The van der Waals surface area contributed by atoms with Gasteiger partial charge in [-0.05, 0) is 127 Å². The first-order chi connectivity index (χ1) is 24.8. The third kappa shape index (κ3) is 6.05. The number of nitrogens with zero attached hydrogens (tertiary/aromatic N) is 1. The second-order valence-corrected chi connectivity index (χ2v) is 14.2. The molecule has 0 N–H and O–H groups in total. The molecule has 0 saturated carbocycles. The van der Waals surface area contributed by atoms with E-state index in [1.54, 1.807) is 0 Å². The summed E-state index contributed by atoms with van der Waals surface area (Å²) in [5.41, 5.74) is 12.1. The number of fused-ring (bicyclic) bond motifs is 3. The number of benzene rings is 4. The van der Waals surface area contributed by atoms with Gasteiger partial charge in [-0.2, -0.15) is 0 Å². The van der Waals surface area contributed by atoms with Crippen molar-refractivity contribution < 1.29 is 4.42 Å². The zero-order chi connectivity index (χ0) is 33.3. The Kier molecular flexibility index (Phi) is 8.30. The van der Waals surface area contributed by atoms with Crippen molar-refractivity contribution in [1.82, 2.24) is 0 Å². The molecule has 4 aliphatic rings. The summed E-state index contributed by atoms with van der Waals surface area (Å²) in [6.07, 6.45) is 35.8. The summed E-state index contributed by atoms with van der Waals surface area (Å²) in [6.45, 7) is 0. The van der Waals surface area contributed by atoms with Crippen LogP contribution in [-0.4, -0.2) is 6.04 Å². The van der Waals surface area contributed by atoms with Gasteiger partial charge in [-0.1, -0.05) is 109 Å². The molecule has 2 nitrogen and oxygen atoms in total. The maximum absolute atomic E-state index is 6.28. The molecule has 0 bridgehead atoms. The van der Waals surface area contributed by atoms with Gasteiger partial charge in [0.1, 0.15) is 11.2 Å². The van der Waals surface area contributed by atoms with Crippen LogP contribution in [0.5, 0.6) is 0 Å². The van der Waals surface area contributed by atoms with Gasteiger partial charge in [-0.3, -0.25) is 0 Å². The Balaban J connectivity index is 1.03. The fourth-order valence-corrected chi connectivity index (χ4v) is 8.20. The van der Waals surface area contributed by atoms with Gasteiger partial charge in [0.05, 0.1) is 6.04 Å². The minimum Gasteiger partial charge on any atom is -0.456 e. The Morgan fingerprint density at radius 2 is 1.32 bits per heavy atom. The summed E-state index contributed by atoms with van der Waals surface area (Å²) in [7, 11) is 0. The average molecular weight is 650 g/mol. The summed E-state index contributed by atoms with van der Waals surface area (Å²) in [6, 6.07) is 32.0. The molecule has 0 aliphatic heterocycles. The number of allylic oxidation sites excluding steroid dienone is 12. The molecule has 0 saturated heterocycles. The third-order valence-corrected chi connectivity index (χ3v) is 11.0. The standard InChI is InChI=1S/C48H43NO/c1-4-10-34(11-5-1)37-16-24-42(25-17-37)49(43-26-18-38(19-27-43)35-12-6-2-7-13-35)44-28-20-39(21-29-44)41-23-31-48-46(33-41)45-32-40(22-30-47(45)50-48)36-14-8-3-9-15-36/h1,4-6,8,10,12,14-24,26-35,42H,2-3,7,9,11,13,25H2. The highest BCUT2D eigenvalue weighted by Crippen LogP contribution is 2.38. The van der Waals surface area contributed by atoms with Crippen LogP contribution in [0.1, 0.15) is 62.0 Å². The molecule has 4 aliphatic carbocycles. The largest absolute Gasteiger partial charge is 0.456 e. The van der Waals surface area contributed by atoms with Crippen LogP contribution in [-0.2, 0) is 0 Å². The minimum atomic E-state index is 0.241. The van der Waals surface area contributed by atoms with Gasteiger partial charge in [0.2, 0.25) is 0 Å². The van der Waals surface area contributed by atoms with E-state index in [9.17, 15) is 0 Å². The van der Waals surface area contributed by atoms with Crippen molar-refractivity contribution in [2.24, 2.45) is 5.92 Å². The summed E-state index contributed by atoms with van der Waals surface area (Å²) >= 11 is 0. The first kappa shape index (κ1) is 30.7. The van der Waals surface area contributed by atoms with Crippen LogP contribution in [0.4, 0.5) is 11.4 Å². The smallest absolute Gasteiger partial charge is 0.135 e. The van der Waals surface area contributed by atoms with E-state index in [1.807, 2.05) is 0 Å². The first-order valence-corrected chi connectivity index (χ1v) is 18.5. The van der Waals surface area contributed by atoms with E-state index in [1.165, 1.54) is 69.4 Å². The molecule has 3 atom stereocenters.